The molecule has 3 aromatic carbocycles. The van der Waals surface area contributed by atoms with Gasteiger partial charge in [-0.05, 0) is 42.2 Å². The molecule has 3 aromatic rings. The topological polar surface area (TPSA) is 58.6 Å². The fourth-order valence-electron chi connectivity index (χ4n) is 3.62. The number of amides is 1. The van der Waals surface area contributed by atoms with Crippen molar-refractivity contribution in [1.82, 2.24) is 5.32 Å². The van der Waals surface area contributed by atoms with Crippen LogP contribution in [0.15, 0.2) is 66.7 Å². The van der Waals surface area contributed by atoms with Gasteiger partial charge >= 0.3 is 0 Å². The number of aromatic hydroxyl groups is 1. The lowest BCUT2D eigenvalue weighted by Crippen LogP contribution is -2.34. The van der Waals surface area contributed by atoms with Crippen molar-refractivity contribution < 1.29 is 23.4 Å². The molecule has 0 aliphatic heterocycles. The maximum atomic E-state index is 13.6. The first kappa shape index (κ1) is 18.9. The van der Waals surface area contributed by atoms with Gasteiger partial charge in [-0.15, -0.1) is 0 Å². The number of carbonyl (C=O) groups is 1. The second-order valence-electron chi connectivity index (χ2n) is 6.93. The van der Waals surface area contributed by atoms with Crippen molar-refractivity contribution in [2.24, 2.45) is 0 Å². The molecule has 0 fully saturated rings. The fourth-order valence-corrected chi connectivity index (χ4v) is 3.62. The molecular weight excluding hydrogens is 376 g/mol. The molecule has 29 heavy (non-hydrogen) atoms. The van der Waals surface area contributed by atoms with Crippen LogP contribution in [0.2, 0.25) is 0 Å². The van der Waals surface area contributed by atoms with Gasteiger partial charge < -0.3 is 15.2 Å². The van der Waals surface area contributed by atoms with E-state index >= 15 is 0 Å². The van der Waals surface area contributed by atoms with Crippen molar-refractivity contribution in [2.75, 3.05) is 0 Å². The summed E-state index contributed by atoms with van der Waals surface area (Å²) in [6, 6.07) is 17.0. The minimum Gasteiger partial charge on any atom is -0.508 e. The molecule has 1 aliphatic rings. The van der Waals surface area contributed by atoms with E-state index in [0.29, 0.717) is 18.4 Å². The number of hydrogen-bond donors (Lipinski definition) is 2. The molecule has 1 amide bonds. The van der Waals surface area contributed by atoms with Crippen LogP contribution in [0.25, 0.3) is 0 Å². The van der Waals surface area contributed by atoms with E-state index < -0.39 is 23.6 Å². The lowest BCUT2D eigenvalue weighted by Gasteiger charge is -2.22. The number of carbonyl (C=O) groups excluding carboxylic acids is 1. The summed E-state index contributed by atoms with van der Waals surface area (Å²) in [7, 11) is 0. The Morgan fingerprint density at radius 2 is 1.83 bits per heavy atom. The highest BCUT2D eigenvalue weighted by atomic mass is 19.2. The van der Waals surface area contributed by atoms with Gasteiger partial charge in [0.1, 0.15) is 11.5 Å². The molecule has 2 N–H and O–H groups in total. The van der Waals surface area contributed by atoms with Crippen LogP contribution < -0.4 is 10.1 Å². The molecule has 0 saturated heterocycles. The molecule has 0 spiro atoms. The minimum absolute atomic E-state index is 0.0531. The summed E-state index contributed by atoms with van der Waals surface area (Å²) < 4.78 is 32.6. The summed E-state index contributed by atoms with van der Waals surface area (Å²) in [6.45, 7) is 0. The number of benzene rings is 3. The van der Waals surface area contributed by atoms with Gasteiger partial charge in [0.05, 0.1) is 6.04 Å². The minimum atomic E-state index is -1.05. The zero-order valence-corrected chi connectivity index (χ0v) is 15.4. The van der Waals surface area contributed by atoms with E-state index in [9.17, 15) is 18.7 Å². The van der Waals surface area contributed by atoms with Crippen molar-refractivity contribution in [1.29, 1.82) is 0 Å². The molecule has 0 radical (unpaired) electrons. The maximum absolute atomic E-state index is 13.6. The van der Waals surface area contributed by atoms with E-state index in [0.717, 1.165) is 23.3 Å². The van der Waals surface area contributed by atoms with Gasteiger partial charge in [-0.2, -0.15) is 0 Å². The molecule has 6 heteroatoms. The molecule has 0 bridgehead atoms. The molecule has 1 aliphatic carbocycles. The second-order valence-corrected chi connectivity index (χ2v) is 6.93. The van der Waals surface area contributed by atoms with Crippen LogP contribution in [0, 0.1) is 11.6 Å². The monoisotopic (exact) mass is 395 g/mol. The predicted molar refractivity (Wildman–Crippen MR) is 103 cm³/mol. The first-order chi connectivity index (χ1) is 14.0. The fraction of sp³-hybridized carbons (Fsp3) is 0.174. The van der Waals surface area contributed by atoms with Crippen molar-refractivity contribution >= 4 is 5.91 Å². The zero-order valence-electron chi connectivity index (χ0n) is 15.4. The van der Waals surface area contributed by atoms with Gasteiger partial charge in [0.2, 0.25) is 6.10 Å². The Labute approximate surface area is 166 Å². The van der Waals surface area contributed by atoms with E-state index in [1.54, 1.807) is 36.4 Å². The van der Waals surface area contributed by atoms with E-state index in [2.05, 4.69) is 5.32 Å². The number of ether oxygens (including phenoxy) is 1. The average molecular weight is 395 g/mol. The van der Waals surface area contributed by atoms with Crippen LogP contribution in [0.4, 0.5) is 8.78 Å². The average Bonchev–Trinajstić information content (AvgIpc) is 3.13. The Morgan fingerprint density at radius 3 is 2.59 bits per heavy atom. The summed E-state index contributed by atoms with van der Waals surface area (Å²) in [6.07, 6.45) is 0.278. The first-order valence-corrected chi connectivity index (χ1v) is 9.30. The molecule has 0 aromatic heterocycles. The predicted octanol–water partition coefficient (Wildman–Crippen LogP) is 4.59. The first-order valence-electron chi connectivity index (χ1n) is 9.30. The standard InChI is InChI=1S/C23H19F2NO3/c24-18-11-9-15(13-19(18)25)29-22(14-5-2-1-3-6-14)23(28)26-20-12-10-17-16(20)7-4-8-21(17)27/h1-9,11,13,20,22,27H,10,12H2,(H,26,28). The van der Waals surface area contributed by atoms with Gasteiger partial charge in [-0.25, -0.2) is 8.78 Å². The summed E-state index contributed by atoms with van der Waals surface area (Å²) in [5.41, 5.74) is 2.29. The van der Waals surface area contributed by atoms with E-state index in [1.165, 1.54) is 6.07 Å². The third-order valence-corrected chi connectivity index (χ3v) is 5.05. The summed E-state index contributed by atoms with van der Waals surface area (Å²) in [5.74, 6) is -2.16. The van der Waals surface area contributed by atoms with Crippen molar-refractivity contribution in [3.63, 3.8) is 0 Å². The van der Waals surface area contributed by atoms with Crippen LogP contribution >= 0.6 is 0 Å². The largest absolute Gasteiger partial charge is 0.508 e. The van der Waals surface area contributed by atoms with Crippen molar-refractivity contribution in [3.8, 4) is 11.5 Å². The third-order valence-electron chi connectivity index (χ3n) is 5.05. The molecular formula is C23H19F2NO3. The van der Waals surface area contributed by atoms with Gasteiger partial charge in [-0.1, -0.05) is 42.5 Å². The zero-order chi connectivity index (χ0) is 20.4. The maximum Gasteiger partial charge on any atom is 0.266 e. The van der Waals surface area contributed by atoms with Gasteiger partial charge in [-0.3, -0.25) is 4.79 Å². The lowest BCUT2D eigenvalue weighted by molar-refractivity contribution is -0.129. The van der Waals surface area contributed by atoms with Crippen molar-refractivity contribution in [2.45, 2.75) is 25.0 Å². The number of nitrogens with one attached hydrogen (secondary N) is 1. The van der Waals surface area contributed by atoms with Crippen LogP contribution in [0.3, 0.4) is 0 Å². The van der Waals surface area contributed by atoms with Gasteiger partial charge in [0, 0.05) is 11.6 Å². The van der Waals surface area contributed by atoms with E-state index in [-0.39, 0.29) is 17.5 Å². The number of fused-ring (bicyclic) bond motifs is 1. The summed E-state index contributed by atoms with van der Waals surface area (Å²) in [5, 5.41) is 13.0. The third kappa shape index (κ3) is 3.92. The Balaban J connectivity index is 1.59. The number of hydrogen-bond acceptors (Lipinski definition) is 3. The van der Waals surface area contributed by atoms with E-state index in [4.69, 9.17) is 4.74 Å². The Kier molecular flexibility index (Phi) is 5.16. The number of halogens is 2. The van der Waals surface area contributed by atoms with Crippen LogP contribution in [0.5, 0.6) is 11.5 Å². The SMILES string of the molecule is O=C(NC1CCc2c(O)cccc21)C(Oc1ccc(F)c(F)c1)c1ccccc1. The van der Waals surface area contributed by atoms with Crippen LogP contribution in [-0.4, -0.2) is 11.0 Å². The second kappa shape index (κ2) is 7.91. The molecule has 4 nitrogen and oxygen atoms in total. The summed E-state index contributed by atoms with van der Waals surface area (Å²) >= 11 is 0. The number of rotatable bonds is 5. The normalized spacial score (nSPS) is 16.1. The number of phenols is 1. The Bertz CT molecular complexity index is 1040. The van der Waals surface area contributed by atoms with Gasteiger partial charge in [0.15, 0.2) is 11.6 Å². The Morgan fingerprint density at radius 1 is 1.03 bits per heavy atom. The highest BCUT2D eigenvalue weighted by Gasteiger charge is 2.30. The van der Waals surface area contributed by atoms with Crippen LogP contribution in [0.1, 0.15) is 35.3 Å². The quantitative estimate of drug-likeness (QED) is 0.664. The highest BCUT2D eigenvalue weighted by molar-refractivity contribution is 5.83. The van der Waals surface area contributed by atoms with E-state index in [1.807, 2.05) is 12.1 Å². The number of phenolic OH excluding ortho intramolecular Hbond substituents is 1. The molecule has 148 valence electrons. The molecule has 2 atom stereocenters. The van der Waals surface area contributed by atoms with Crippen molar-refractivity contribution in [3.05, 3.63) is 95.1 Å². The molecule has 2 unspecified atom stereocenters. The van der Waals surface area contributed by atoms with Gasteiger partial charge in [0.25, 0.3) is 5.91 Å². The lowest BCUT2D eigenvalue weighted by atomic mass is 10.1. The van der Waals surface area contributed by atoms with Crippen LogP contribution in [-0.2, 0) is 11.2 Å². The highest BCUT2D eigenvalue weighted by Crippen LogP contribution is 2.37. The molecule has 4 rings (SSSR count). The Hall–Kier alpha value is -3.41. The summed E-state index contributed by atoms with van der Waals surface area (Å²) in [4.78, 5) is 13.1. The molecule has 0 saturated carbocycles. The molecule has 0 heterocycles. The smallest absolute Gasteiger partial charge is 0.266 e.